The molecule has 4 unspecified atom stereocenters. The Morgan fingerprint density at radius 2 is 1.57 bits per heavy atom. The fraction of sp³-hybridized carbons (Fsp3) is 0.500. The molecule has 9 nitrogen and oxygen atoms in total. The third kappa shape index (κ3) is 8.03. The summed E-state index contributed by atoms with van der Waals surface area (Å²) in [6, 6.07) is 5.04. The molecule has 1 aromatic rings. The third-order valence-electron chi connectivity index (χ3n) is 4.43. The average Bonchev–Trinajstić information content (AvgIpc) is 2.70. The number of nitrogens with one attached hydrogen (secondary N) is 3. The van der Waals surface area contributed by atoms with Crippen molar-refractivity contribution in [2.24, 2.45) is 11.7 Å². The fourth-order valence-electron chi connectivity index (χ4n) is 2.57. The van der Waals surface area contributed by atoms with E-state index in [2.05, 4.69) is 28.6 Å². The normalized spacial score (nSPS) is 14.9. The van der Waals surface area contributed by atoms with E-state index >= 15 is 0 Å². The molecule has 4 atom stereocenters. The van der Waals surface area contributed by atoms with Gasteiger partial charge < -0.3 is 26.8 Å². The van der Waals surface area contributed by atoms with Gasteiger partial charge in [0.05, 0.1) is 6.04 Å². The summed E-state index contributed by atoms with van der Waals surface area (Å²) in [5.41, 5.74) is 6.44. The Morgan fingerprint density at radius 3 is 2.07 bits per heavy atom. The van der Waals surface area contributed by atoms with Crippen LogP contribution in [-0.4, -0.2) is 58.7 Å². The minimum Gasteiger partial charge on any atom is -0.480 e. The van der Waals surface area contributed by atoms with Crippen LogP contribution in [0, 0.1) is 5.92 Å². The number of amides is 3. The van der Waals surface area contributed by atoms with Crippen LogP contribution in [0.3, 0.4) is 0 Å². The molecule has 0 saturated carbocycles. The molecule has 1 rings (SSSR count). The molecule has 0 radical (unpaired) electrons. The number of carboxylic acids is 1. The van der Waals surface area contributed by atoms with Gasteiger partial charge in [-0.2, -0.15) is 12.6 Å². The molecule has 6 N–H and O–H groups in total. The SMILES string of the molecule is CC(NC(=O)C(Cc1ccccc1)NC(=O)C(NC(=O)C(N)CS)C(C)C)C(=O)O. The standard InChI is InChI=1S/C20H30N4O5S/c1-11(2)16(24-17(25)14(21)10-30)19(27)23-15(9-13-7-5-4-6-8-13)18(26)22-12(3)20(28)29/h4-8,11-12,14-16,30H,9-10,21H2,1-3H3,(H,22,26)(H,23,27)(H,24,25)(H,28,29). The van der Waals surface area contributed by atoms with Crippen LogP contribution in [0.15, 0.2) is 30.3 Å². The van der Waals surface area contributed by atoms with E-state index in [9.17, 15) is 19.2 Å². The largest absolute Gasteiger partial charge is 0.480 e. The smallest absolute Gasteiger partial charge is 0.325 e. The molecule has 0 saturated heterocycles. The van der Waals surface area contributed by atoms with E-state index in [1.165, 1.54) is 6.92 Å². The van der Waals surface area contributed by atoms with Crippen LogP contribution >= 0.6 is 12.6 Å². The number of thiol groups is 1. The van der Waals surface area contributed by atoms with Gasteiger partial charge in [-0.25, -0.2) is 0 Å². The Balaban J connectivity index is 3.01. The number of rotatable bonds is 11. The number of benzene rings is 1. The maximum absolute atomic E-state index is 12.9. The first-order valence-electron chi connectivity index (χ1n) is 9.61. The van der Waals surface area contributed by atoms with Gasteiger partial charge in [0.2, 0.25) is 17.7 Å². The van der Waals surface area contributed by atoms with E-state index in [0.717, 1.165) is 5.56 Å². The lowest BCUT2D eigenvalue weighted by Gasteiger charge is -2.26. The highest BCUT2D eigenvalue weighted by Crippen LogP contribution is 2.07. The Morgan fingerprint density at radius 1 is 0.967 bits per heavy atom. The first-order valence-corrected chi connectivity index (χ1v) is 10.2. The number of hydrogen-bond donors (Lipinski definition) is 6. The minimum absolute atomic E-state index is 0.115. The van der Waals surface area contributed by atoms with Crippen molar-refractivity contribution < 1.29 is 24.3 Å². The van der Waals surface area contributed by atoms with Crippen molar-refractivity contribution in [3.8, 4) is 0 Å². The molecule has 0 spiro atoms. The van der Waals surface area contributed by atoms with E-state index in [4.69, 9.17) is 10.8 Å². The number of hydrogen-bond acceptors (Lipinski definition) is 6. The van der Waals surface area contributed by atoms with Crippen LogP contribution in [-0.2, 0) is 25.6 Å². The van der Waals surface area contributed by atoms with Gasteiger partial charge in [0.15, 0.2) is 0 Å². The van der Waals surface area contributed by atoms with Crippen molar-refractivity contribution in [2.45, 2.75) is 51.4 Å². The first kappa shape index (κ1) is 25.4. The summed E-state index contributed by atoms with van der Waals surface area (Å²) in [5.74, 6) is -3.08. The second-order valence-corrected chi connectivity index (χ2v) is 7.70. The van der Waals surface area contributed by atoms with E-state index in [1.807, 2.05) is 6.07 Å². The Hall–Kier alpha value is -2.59. The third-order valence-corrected chi connectivity index (χ3v) is 4.82. The number of carboxylic acid groups (broad SMARTS) is 1. The molecule has 3 amide bonds. The van der Waals surface area contributed by atoms with Crippen molar-refractivity contribution >= 4 is 36.3 Å². The van der Waals surface area contributed by atoms with Crippen LogP contribution in [0.1, 0.15) is 26.3 Å². The van der Waals surface area contributed by atoms with Gasteiger partial charge >= 0.3 is 5.97 Å². The van der Waals surface area contributed by atoms with Gasteiger partial charge in [-0.15, -0.1) is 0 Å². The van der Waals surface area contributed by atoms with Crippen LogP contribution in [0.4, 0.5) is 0 Å². The molecule has 1 aromatic carbocycles. The molecular formula is C20H30N4O5S. The Labute approximate surface area is 181 Å². The second kappa shape index (κ2) is 12.2. The zero-order chi connectivity index (χ0) is 22.8. The predicted molar refractivity (Wildman–Crippen MR) is 116 cm³/mol. The molecule has 10 heteroatoms. The van der Waals surface area contributed by atoms with Gasteiger partial charge in [-0.05, 0) is 18.4 Å². The average molecular weight is 439 g/mol. The van der Waals surface area contributed by atoms with E-state index in [1.54, 1.807) is 38.1 Å². The van der Waals surface area contributed by atoms with Gasteiger partial charge in [-0.3, -0.25) is 19.2 Å². The molecule has 166 valence electrons. The Bertz CT molecular complexity index is 744. The summed E-state index contributed by atoms with van der Waals surface area (Å²) in [6.45, 7) is 4.82. The summed E-state index contributed by atoms with van der Waals surface area (Å²) in [6.07, 6.45) is 0.152. The number of nitrogens with two attached hydrogens (primary N) is 1. The summed E-state index contributed by atoms with van der Waals surface area (Å²) >= 11 is 3.98. The number of aliphatic carboxylic acids is 1. The van der Waals surface area contributed by atoms with Crippen LogP contribution in [0.2, 0.25) is 0 Å². The lowest BCUT2D eigenvalue weighted by molar-refractivity contribution is -0.141. The van der Waals surface area contributed by atoms with Gasteiger partial charge in [0.25, 0.3) is 0 Å². The maximum atomic E-state index is 12.9. The van der Waals surface area contributed by atoms with Crippen LogP contribution in [0.5, 0.6) is 0 Å². The highest BCUT2D eigenvalue weighted by Gasteiger charge is 2.30. The number of carbonyl (C=O) groups is 4. The van der Waals surface area contributed by atoms with Gasteiger partial charge in [-0.1, -0.05) is 44.2 Å². The van der Waals surface area contributed by atoms with E-state index < -0.39 is 47.9 Å². The van der Waals surface area contributed by atoms with Crippen molar-refractivity contribution in [2.75, 3.05) is 5.75 Å². The number of carbonyl (C=O) groups excluding carboxylic acids is 3. The zero-order valence-electron chi connectivity index (χ0n) is 17.3. The van der Waals surface area contributed by atoms with Crippen molar-refractivity contribution in [1.82, 2.24) is 16.0 Å². The molecule has 0 fully saturated rings. The molecule has 30 heavy (non-hydrogen) atoms. The Kier molecular flexibility index (Phi) is 10.3. The molecular weight excluding hydrogens is 408 g/mol. The van der Waals surface area contributed by atoms with E-state index in [-0.39, 0.29) is 18.1 Å². The summed E-state index contributed by atoms with van der Waals surface area (Å²) in [5, 5.41) is 16.6. The maximum Gasteiger partial charge on any atom is 0.325 e. The lowest BCUT2D eigenvalue weighted by atomic mass is 10.0. The lowest BCUT2D eigenvalue weighted by Crippen LogP contribution is -2.58. The van der Waals surface area contributed by atoms with Gasteiger partial charge in [0, 0.05) is 12.2 Å². The highest BCUT2D eigenvalue weighted by atomic mass is 32.1. The minimum atomic E-state index is -1.19. The van der Waals surface area contributed by atoms with E-state index in [0.29, 0.717) is 0 Å². The molecule has 0 bridgehead atoms. The van der Waals surface area contributed by atoms with Crippen molar-refractivity contribution in [3.63, 3.8) is 0 Å². The fourth-order valence-corrected chi connectivity index (χ4v) is 2.74. The topological polar surface area (TPSA) is 151 Å². The molecule has 0 aromatic heterocycles. The zero-order valence-corrected chi connectivity index (χ0v) is 18.2. The molecule has 0 aliphatic carbocycles. The summed E-state index contributed by atoms with van der Waals surface area (Å²) in [7, 11) is 0. The highest BCUT2D eigenvalue weighted by molar-refractivity contribution is 7.80. The first-order chi connectivity index (χ1) is 14.1. The molecule has 0 aliphatic rings. The quantitative estimate of drug-likeness (QED) is 0.261. The summed E-state index contributed by atoms with van der Waals surface area (Å²) < 4.78 is 0. The van der Waals surface area contributed by atoms with Crippen molar-refractivity contribution in [1.29, 1.82) is 0 Å². The van der Waals surface area contributed by atoms with Crippen LogP contribution < -0.4 is 21.7 Å². The van der Waals surface area contributed by atoms with Crippen molar-refractivity contribution in [3.05, 3.63) is 35.9 Å². The monoisotopic (exact) mass is 438 g/mol. The van der Waals surface area contributed by atoms with Gasteiger partial charge in [0.1, 0.15) is 18.1 Å². The van der Waals surface area contributed by atoms with Crippen LogP contribution in [0.25, 0.3) is 0 Å². The summed E-state index contributed by atoms with van der Waals surface area (Å²) in [4.78, 5) is 48.7. The second-order valence-electron chi connectivity index (χ2n) is 7.34. The molecule has 0 aliphatic heterocycles. The predicted octanol–water partition coefficient (Wildman–Crippen LogP) is -0.299. The molecule has 0 heterocycles.